The number of urea groups is 1. The number of anilines is 1. The number of nitrogens with one attached hydrogen (secondary N) is 1. The number of amides is 2. The Balaban J connectivity index is 1.89. The molecule has 128 valence electrons. The molecule has 1 fully saturated rings. The molecule has 0 aliphatic carbocycles. The van der Waals surface area contributed by atoms with E-state index in [1.165, 1.54) is 0 Å². The van der Waals surface area contributed by atoms with Gasteiger partial charge in [-0.2, -0.15) is 0 Å². The Hall–Kier alpha value is -1.54. The first-order valence-electron chi connectivity index (χ1n) is 7.45. The molecule has 0 saturated carbocycles. The summed E-state index contributed by atoms with van der Waals surface area (Å²) in [6.07, 6.45) is -0.0813. The van der Waals surface area contributed by atoms with Crippen molar-refractivity contribution in [1.82, 2.24) is 9.80 Å². The van der Waals surface area contributed by atoms with Crippen LogP contribution in [0, 0.1) is 0 Å². The van der Waals surface area contributed by atoms with E-state index in [4.69, 9.17) is 0 Å². The molecule has 1 aliphatic rings. The van der Waals surface area contributed by atoms with Crippen molar-refractivity contribution in [2.24, 2.45) is 0 Å². The minimum atomic E-state index is -2.35. The molecule has 5 nitrogen and oxygen atoms in total. The quantitative estimate of drug-likeness (QED) is 0.910. The normalized spacial score (nSPS) is 17.8. The van der Waals surface area contributed by atoms with Crippen molar-refractivity contribution in [2.75, 3.05) is 44.3 Å². The van der Waals surface area contributed by atoms with Crippen molar-refractivity contribution in [3.05, 3.63) is 24.3 Å². The summed E-state index contributed by atoms with van der Waals surface area (Å²) < 4.78 is 36.2. The summed E-state index contributed by atoms with van der Waals surface area (Å²) in [5.74, 6) is 0. The highest BCUT2D eigenvalue weighted by Crippen LogP contribution is 2.13. The van der Waals surface area contributed by atoms with Gasteiger partial charge in [0.1, 0.15) is 0 Å². The molecule has 1 aromatic carbocycles. The average molecular weight is 345 g/mol. The molecule has 0 aromatic heterocycles. The van der Waals surface area contributed by atoms with E-state index in [-0.39, 0.29) is 12.6 Å². The van der Waals surface area contributed by atoms with Crippen molar-refractivity contribution in [2.45, 2.75) is 17.7 Å². The minimum Gasteiger partial charge on any atom is -0.323 e. The maximum Gasteiger partial charge on any atom is 0.321 e. The Morgan fingerprint density at radius 2 is 1.91 bits per heavy atom. The van der Waals surface area contributed by atoms with Gasteiger partial charge in [0.25, 0.3) is 6.43 Å². The van der Waals surface area contributed by atoms with Crippen molar-refractivity contribution in [3.8, 4) is 0 Å². The van der Waals surface area contributed by atoms with Crippen molar-refractivity contribution in [3.63, 3.8) is 0 Å². The van der Waals surface area contributed by atoms with Gasteiger partial charge in [0, 0.05) is 53.8 Å². The Morgan fingerprint density at radius 3 is 2.52 bits per heavy atom. The second kappa shape index (κ2) is 8.35. The topological polar surface area (TPSA) is 52.7 Å². The van der Waals surface area contributed by atoms with Crippen LogP contribution in [0.1, 0.15) is 6.42 Å². The molecule has 0 unspecified atom stereocenters. The molecule has 0 bridgehead atoms. The summed E-state index contributed by atoms with van der Waals surface area (Å²) in [6.45, 7) is 1.75. The lowest BCUT2D eigenvalue weighted by atomic mass is 10.3. The number of benzene rings is 1. The summed E-state index contributed by atoms with van der Waals surface area (Å²) in [5, 5.41) is 2.78. The maximum absolute atomic E-state index is 12.4. The largest absolute Gasteiger partial charge is 0.323 e. The van der Waals surface area contributed by atoms with E-state index in [9.17, 15) is 17.8 Å². The number of hydrogen-bond acceptors (Lipinski definition) is 3. The highest BCUT2D eigenvalue weighted by atomic mass is 32.2. The first kappa shape index (κ1) is 17.8. The van der Waals surface area contributed by atoms with Crippen molar-refractivity contribution < 1.29 is 17.8 Å². The number of alkyl halides is 2. The molecular formula is C15H21F2N3O2S. The molecule has 1 atom stereocenters. The third-order valence-corrected chi connectivity index (χ3v) is 4.65. The van der Waals surface area contributed by atoms with Gasteiger partial charge in [0.2, 0.25) is 0 Å². The van der Waals surface area contributed by atoms with Crippen LogP contribution in [0.5, 0.6) is 0 Å². The molecule has 2 rings (SSSR count). The molecule has 0 spiro atoms. The fourth-order valence-corrected chi connectivity index (χ4v) is 3.00. The highest BCUT2D eigenvalue weighted by Gasteiger charge is 2.20. The molecular weight excluding hydrogens is 324 g/mol. The minimum absolute atomic E-state index is 0.241. The van der Waals surface area contributed by atoms with Crippen LogP contribution in [0.4, 0.5) is 19.3 Å². The van der Waals surface area contributed by atoms with Crippen LogP contribution in [0.3, 0.4) is 0 Å². The smallest absolute Gasteiger partial charge is 0.321 e. The van der Waals surface area contributed by atoms with Crippen LogP contribution in [0.25, 0.3) is 0 Å². The predicted octanol–water partition coefficient (Wildman–Crippen LogP) is 2.23. The predicted molar refractivity (Wildman–Crippen MR) is 86.4 cm³/mol. The van der Waals surface area contributed by atoms with Crippen LogP contribution in [-0.4, -0.2) is 65.4 Å². The summed E-state index contributed by atoms with van der Waals surface area (Å²) in [4.78, 5) is 16.3. The van der Waals surface area contributed by atoms with E-state index in [0.717, 1.165) is 0 Å². The van der Waals surface area contributed by atoms with Gasteiger partial charge in [0.15, 0.2) is 0 Å². The Labute approximate surface area is 137 Å². The highest BCUT2D eigenvalue weighted by molar-refractivity contribution is 7.84. The maximum atomic E-state index is 12.4. The standard InChI is InChI=1S/C15H21F2N3O2S/c1-23(22)13-5-3-12(4-6-13)18-15(21)20-8-2-7-19(9-10-20)11-14(16)17/h3-6,14H,2,7-11H2,1H3,(H,18,21)/t23-/m1/s1. The summed E-state index contributed by atoms with van der Waals surface area (Å²) in [6, 6.07) is 6.58. The summed E-state index contributed by atoms with van der Waals surface area (Å²) >= 11 is 0. The van der Waals surface area contributed by atoms with E-state index in [2.05, 4.69) is 5.32 Å². The van der Waals surface area contributed by atoms with E-state index in [1.807, 2.05) is 0 Å². The molecule has 1 aromatic rings. The monoisotopic (exact) mass is 345 g/mol. The Kier molecular flexibility index (Phi) is 6.47. The van der Waals surface area contributed by atoms with Gasteiger partial charge >= 0.3 is 6.03 Å². The molecule has 1 saturated heterocycles. The third-order valence-electron chi connectivity index (χ3n) is 3.71. The zero-order chi connectivity index (χ0) is 16.8. The number of carbonyl (C=O) groups is 1. The molecule has 0 radical (unpaired) electrons. The lowest BCUT2D eigenvalue weighted by molar-refractivity contribution is 0.0905. The second-order valence-electron chi connectivity index (χ2n) is 5.44. The van der Waals surface area contributed by atoms with Gasteiger partial charge < -0.3 is 10.2 Å². The second-order valence-corrected chi connectivity index (χ2v) is 6.82. The summed E-state index contributed by atoms with van der Waals surface area (Å²) in [7, 11) is -1.06. The lowest BCUT2D eigenvalue weighted by Gasteiger charge is -2.22. The van der Waals surface area contributed by atoms with Crippen LogP contribution >= 0.6 is 0 Å². The number of halogens is 2. The van der Waals surface area contributed by atoms with Crippen LogP contribution in [0.15, 0.2) is 29.2 Å². The fourth-order valence-electron chi connectivity index (χ4n) is 2.48. The molecule has 1 heterocycles. The zero-order valence-corrected chi connectivity index (χ0v) is 13.8. The number of hydrogen-bond donors (Lipinski definition) is 1. The molecule has 1 N–H and O–H groups in total. The molecule has 2 amide bonds. The van der Waals surface area contributed by atoms with Crippen LogP contribution < -0.4 is 5.32 Å². The number of rotatable bonds is 4. The Morgan fingerprint density at radius 1 is 1.22 bits per heavy atom. The van der Waals surface area contributed by atoms with Crippen molar-refractivity contribution in [1.29, 1.82) is 0 Å². The first-order valence-corrected chi connectivity index (χ1v) is 9.01. The van der Waals surface area contributed by atoms with E-state index >= 15 is 0 Å². The SMILES string of the molecule is C[S@@](=O)c1ccc(NC(=O)N2CCCN(CC(F)F)CC2)cc1. The van der Waals surface area contributed by atoms with Gasteiger partial charge in [0.05, 0.1) is 6.54 Å². The number of nitrogens with zero attached hydrogens (tertiary/aromatic N) is 2. The van der Waals surface area contributed by atoms with Gasteiger partial charge in [-0.05, 0) is 30.7 Å². The van der Waals surface area contributed by atoms with E-state index in [1.54, 1.807) is 40.3 Å². The lowest BCUT2D eigenvalue weighted by Crippen LogP contribution is -2.38. The van der Waals surface area contributed by atoms with Gasteiger partial charge in [-0.15, -0.1) is 0 Å². The Bertz CT molecular complexity index is 554. The average Bonchev–Trinajstić information content (AvgIpc) is 2.73. The van der Waals surface area contributed by atoms with E-state index in [0.29, 0.717) is 43.2 Å². The number of carbonyl (C=O) groups excluding carboxylic acids is 1. The first-order chi connectivity index (χ1) is 11.0. The van der Waals surface area contributed by atoms with Gasteiger partial charge in [-0.25, -0.2) is 13.6 Å². The molecule has 1 aliphatic heterocycles. The summed E-state index contributed by atoms with van der Waals surface area (Å²) in [5.41, 5.74) is 0.623. The van der Waals surface area contributed by atoms with Crippen LogP contribution in [0.2, 0.25) is 0 Å². The van der Waals surface area contributed by atoms with Gasteiger partial charge in [-0.1, -0.05) is 0 Å². The van der Waals surface area contributed by atoms with Crippen LogP contribution in [-0.2, 0) is 10.8 Å². The van der Waals surface area contributed by atoms with Crippen molar-refractivity contribution >= 4 is 22.5 Å². The zero-order valence-electron chi connectivity index (χ0n) is 13.0. The van der Waals surface area contributed by atoms with Gasteiger partial charge in [-0.3, -0.25) is 9.11 Å². The fraction of sp³-hybridized carbons (Fsp3) is 0.533. The molecule has 23 heavy (non-hydrogen) atoms. The molecule has 8 heteroatoms. The van der Waals surface area contributed by atoms with E-state index < -0.39 is 17.2 Å². The third kappa shape index (κ3) is 5.54.